The molecule has 0 unspecified atom stereocenters. The average molecular weight is 634 g/mol. The first-order chi connectivity index (χ1) is 19.1. The van der Waals surface area contributed by atoms with Gasteiger partial charge in [-0.05, 0) is 84.7 Å². The lowest BCUT2D eigenvalue weighted by atomic mass is 9.89. The van der Waals surface area contributed by atoms with Gasteiger partial charge in [0.25, 0.3) is 0 Å². The van der Waals surface area contributed by atoms with Crippen LogP contribution in [0.4, 0.5) is 28.8 Å². The first-order valence-corrected chi connectivity index (χ1v) is 15.6. The molecule has 0 atom stereocenters. The molecule has 3 aromatic rings. The minimum atomic E-state index is -3.60. The Balaban J connectivity index is 1.46. The van der Waals surface area contributed by atoms with Crippen molar-refractivity contribution in [1.29, 1.82) is 0 Å². The van der Waals surface area contributed by atoms with Crippen LogP contribution in [0.3, 0.4) is 0 Å². The molecule has 2 aliphatic rings. The molecule has 0 spiro atoms. The topological polar surface area (TPSA) is 118 Å². The molecular formula is C27H33BrN6O5S. The largest absolute Gasteiger partial charge is 0.495 e. The van der Waals surface area contributed by atoms with E-state index in [1.54, 1.807) is 25.4 Å². The zero-order chi connectivity index (χ0) is 28.4. The van der Waals surface area contributed by atoms with Crippen LogP contribution < -0.4 is 29.1 Å². The number of benzene rings is 2. The molecule has 1 aromatic heterocycles. The minimum absolute atomic E-state index is 0.310. The molecule has 0 bridgehead atoms. The Morgan fingerprint density at radius 3 is 2.58 bits per heavy atom. The van der Waals surface area contributed by atoms with Crippen LogP contribution in [-0.2, 0) is 10.0 Å². The fourth-order valence-corrected chi connectivity index (χ4v) is 5.67. The number of nitrogens with zero attached hydrogens (tertiary/aromatic N) is 4. The van der Waals surface area contributed by atoms with Gasteiger partial charge in [0.15, 0.2) is 11.5 Å². The highest BCUT2D eigenvalue weighted by Crippen LogP contribution is 2.46. The smallest absolute Gasteiger partial charge is 0.232 e. The van der Waals surface area contributed by atoms with Gasteiger partial charge in [-0.3, -0.25) is 4.31 Å². The van der Waals surface area contributed by atoms with Gasteiger partial charge in [0.2, 0.25) is 16.0 Å². The van der Waals surface area contributed by atoms with Gasteiger partial charge >= 0.3 is 0 Å². The summed E-state index contributed by atoms with van der Waals surface area (Å²) in [7, 11) is 1.65. The number of hydrogen-bond donors (Lipinski definition) is 2. The summed E-state index contributed by atoms with van der Waals surface area (Å²) < 4.78 is 43.9. The number of halogens is 1. The number of hydrogen-bond acceptors (Lipinski definition) is 10. The molecule has 40 heavy (non-hydrogen) atoms. The van der Waals surface area contributed by atoms with Crippen molar-refractivity contribution in [2.45, 2.75) is 18.8 Å². The number of rotatable bonds is 8. The summed E-state index contributed by atoms with van der Waals surface area (Å²) in [5, 5.41) is 6.56. The number of fused-ring (bicyclic) bond motifs is 1. The lowest BCUT2D eigenvalue weighted by Crippen LogP contribution is -2.29. The zero-order valence-corrected chi connectivity index (χ0v) is 25.3. The number of nitrogens with one attached hydrogen (secondary N) is 2. The lowest BCUT2D eigenvalue weighted by Gasteiger charge is -2.29. The van der Waals surface area contributed by atoms with E-state index in [1.165, 1.54) is 12.6 Å². The van der Waals surface area contributed by atoms with E-state index in [4.69, 9.17) is 14.2 Å². The molecule has 214 valence electrons. The summed E-state index contributed by atoms with van der Waals surface area (Å²) in [6.07, 6.45) is 4.97. The third-order valence-corrected chi connectivity index (χ3v) is 8.91. The van der Waals surface area contributed by atoms with Gasteiger partial charge in [0.05, 0.1) is 29.2 Å². The number of ether oxygens (including phenoxy) is 3. The fraction of sp³-hybridized carbons (Fsp3) is 0.407. The predicted molar refractivity (Wildman–Crippen MR) is 159 cm³/mol. The third kappa shape index (κ3) is 6.06. The van der Waals surface area contributed by atoms with E-state index in [1.807, 2.05) is 6.07 Å². The second-order valence-electron chi connectivity index (χ2n) is 9.89. The highest BCUT2D eigenvalue weighted by Gasteiger charge is 2.27. The SMILES string of the molecule is COc1ccc(C2CCN(C)CC2)cc1Nc1ncc(Br)c(Nc2ccc3c(c2N(C)S(C)(=O)=O)OCCO3)n1. The van der Waals surface area contributed by atoms with Gasteiger partial charge in [0.1, 0.15) is 30.5 Å². The van der Waals surface area contributed by atoms with E-state index in [0.717, 1.165) is 42.2 Å². The van der Waals surface area contributed by atoms with Gasteiger partial charge in [-0.15, -0.1) is 0 Å². The highest BCUT2D eigenvalue weighted by atomic mass is 79.9. The van der Waals surface area contributed by atoms with Gasteiger partial charge in [0, 0.05) is 13.2 Å². The van der Waals surface area contributed by atoms with Crippen LogP contribution in [0.15, 0.2) is 41.0 Å². The molecule has 13 heteroatoms. The molecule has 2 aromatic carbocycles. The van der Waals surface area contributed by atoms with E-state index in [9.17, 15) is 8.42 Å². The molecule has 3 heterocycles. The normalized spacial score (nSPS) is 15.9. The molecule has 2 N–H and O–H groups in total. The molecule has 2 aliphatic heterocycles. The summed E-state index contributed by atoms with van der Waals surface area (Å²) in [6, 6.07) is 9.67. The predicted octanol–water partition coefficient (Wildman–Crippen LogP) is 4.71. The fourth-order valence-electron chi connectivity index (χ4n) is 4.86. The standard InChI is InChI=1S/C27H33BrN6O5S/c1-33-11-9-17(10-12-33)18-5-7-22(37-3)21(15-18)31-27-29-16-19(28)26(32-27)30-20-6-8-23-25(39-14-13-38-23)24(20)34(2)40(4,35)36/h5-8,15-17H,9-14H2,1-4H3,(H2,29,30,31,32). The quantitative estimate of drug-likeness (QED) is 0.361. The molecule has 0 saturated carbocycles. The van der Waals surface area contributed by atoms with Crippen molar-refractivity contribution in [3.8, 4) is 17.2 Å². The van der Waals surface area contributed by atoms with Gasteiger partial charge in [-0.1, -0.05) is 6.07 Å². The molecule has 0 radical (unpaired) electrons. The van der Waals surface area contributed by atoms with Gasteiger partial charge in [-0.2, -0.15) is 4.98 Å². The summed E-state index contributed by atoms with van der Waals surface area (Å²) in [5.74, 6) is 2.77. The van der Waals surface area contributed by atoms with E-state index < -0.39 is 10.0 Å². The third-order valence-electron chi connectivity index (χ3n) is 7.15. The summed E-state index contributed by atoms with van der Waals surface area (Å²) >= 11 is 3.51. The van der Waals surface area contributed by atoms with Crippen LogP contribution in [0.5, 0.6) is 17.2 Å². The van der Waals surface area contributed by atoms with Gasteiger partial charge < -0.3 is 29.7 Å². The van der Waals surface area contributed by atoms with Crippen molar-refractivity contribution in [1.82, 2.24) is 14.9 Å². The van der Waals surface area contributed by atoms with Crippen LogP contribution in [0.1, 0.15) is 24.3 Å². The Morgan fingerprint density at radius 1 is 1.10 bits per heavy atom. The first kappa shape index (κ1) is 28.2. The number of aromatic nitrogens is 2. The Hall–Kier alpha value is -3.29. The number of likely N-dealkylation sites (tertiary alicyclic amines) is 1. The maximum atomic E-state index is 12.5. The van der Waals surface area contributed by atoms with Crippen molar-refractivity contribution in [3.63, 3.8) is 0 Å². The molecule has 0 aliphatic carbocycles. The van der Waals surface area contributed by atoms with Gasteiger partial charge in [-0.25, -0.2) is 13.4 Å². The van der Waals surface area contributed by atoms with E-state index in [2.05, 4.69) is 60.6 Å². The minimum Gasteiger partial charge on any atom is -0.495 e. The van der Waals surface area contributed by atoms with Crippen LogP contribution in [0.25, 0.3) is 0 Å². The number of sulfonamides is 1. The van der Waals surface area contributed by atoms with E-state index >= 15 is 0 Å². The van der Waals surface area contributed by atoms with Crippen molar-refractivity contribution in [3.05, 3.63) is 46.6 Å². The van der Waals surface area contributed by atoms with Crippen molar-refractivity contribution < 1.29 is 22.6 Å². The molecule has 1 fully saturated rings. The van der Waals surface area contributed by atoms with E-state index in [0.29, 0.717) is 64.0 Å². The summed E-state index contributed by atoms with van der Waals surface area (Å²) in [4.78, 5) is 11.5. The Morgan fingerprint density at radius 2 is 1.85 bits per heavy atom. The van der Waals surface area contributed by atoms with Crippen LogP contribution in [-0.4, -0.2) is 77.0 Å². The van der Waals surface area contributed by atoms with Crippen molar-refractivity contribution in [2.75, 3.05) is 68.7 Å². The second kappa shape index (κ2) is 11.7. The molecule has 5 rings (SSSR count). The van der Waals surface area contributed by atoms with Crippen LogP contribution in [0.2, 0.25) is 0 Å². The average Bonchev–Trinajstić information content (AvgIpc) is 2.94. The first-order valence-electron chi connectivity index (χ1n) is 12.9. The number of piperidine rings is 1. The lowest BCUT2D eigenvalue weighted by molar-refractivity contribution is 0.172. The maximum Gasteiger partial charge on any atom is 0.232 e. The molecular weight excluding hydrogens is 600 g/mol. The Kier molecular flexibility index (Phi) is 8.24. The van der Waals surface area contributed by atoms with E-state index in [-0.39, 0.29) is 0 Å². The highest BCUT2D eigenvalue weighted by molar-refractivity contribution is 9.10. The van der Waals surface area contributed by atoms with Crippen molar-refractivity contribution >= 4 is 54.8 Å². The molecule has 11 nitrogen and oxygen atoms in total. The molecule has 0 amide bonds. The Labute approximate surface area is 243 Å². The van der Waals surface area contributed by atoms with Crippen LogP contribution >= 0.6 is 15.9 Å². The monoisotopic (exact) mass is 632 g/mol. The maximum absolute atomic E-state index is 12.5. The molecule has 1 saturated heterocycles. The summed E-state index contributed by atoms with van der Waals surface area (Å²) in [5.41, 5.74) is 2.82. The Bertz CT molecular complexity index is 1500. The summed E-state index contributed by atoms with van der Waals surface area (Å²) in [6.45, 7) is 2.84. The number of anilines is 5. The zero-order valence-electron chi connectivity index (χ0n) is 22.9. The second-order valence-corrected chi connectivity index (χ2v) is 12.8. The van der Waals surface area contributed by atoms with Crippen LogP contribution in [0, 0.1) is 0 Å². The van der Waals surface area contributed by atoms with Crippen molar-refractivity contribution in [2.24, 2.45) is 0 Å². The number of methoxy groups -OCH3 is 1.